The normalized spacial score (nSPS) is 39.0. The van der Waals surface area contributed by atoms with E-state index in [4.69, 9.17) is 14.2 Å². The average molecular weight is 1340 g/mol. The second-order valence-corrected chi connectivity index (χ2v) is 36.0. The Morgan fingerprint density at radius 1 is 0.576 bits per heavy atom. The number of allylic oxidation sites excluding steroid dienone is 1. The fourth-order valence-corrected chi connectivity index (χ4v) is 25.9. The highest BCUT2D eigenvalue weighted by Gasteiger charge is 2.95. The van der Waals surface area contributed by atoms with Crippen LogP contribution in [0.3, 0.4) is 0 Å². The van der Waals surface area contributed by atoms with Crippen LogP contribution < -0.4 is 19.5 Å². The number of ether oxygens (including phenoxy) is 3. The molecule has 99 heavy (non-hydrogen) atoms. The minimum absolute atomic E-state index is 0.0197. The third-order valence-corrected chi connectivity index (χ3v) is 29.3. The van der Waals surface area contributed by atoms with Crippen LogP contribution in [0.15, 0.2) is 60.7 Å². The van der Waals surface area contributed by atoms with Crippen LogP contribution >= 0.6 is 0 Å². The van der Waals surface area contributed by atoms with E-state index in [1.165, 1.54) is 4.73 Å². The number of carbonyl (C=O) groups is 6. The summed E-state index contributed by atoms with van der Waals surface area (Å²) < 4.78 is 22.8. The maximum absolute atomic E-state index is 16.8. The van der Waals surface area contributed by atoms with Crippen LogP contribution in [0, 0.1) is 44.4 Å². The molecule has 0 radical (unpaired) electrons. The van der Waals surface area contributed by atoms with Crippen molar-refractivity contribution in [2.75, 3.05) is 19.6 Å². The summed E-state index contributed by atoms with van der Waals surface area (Å²) in [7, 11) is 0. The number of piperidine rings is 6. The smallest absolute Gasteiger partial charge is 0.253 e. The van der Waals surface area contributed by atoms with Gasteiger partial charge in [0.2, 0.25) is 40.7 Å². The van der Waals surface area contributed by atoms with E-state index in [2.05, 4.69) is 46.9 Å². The number of rotatable bonds is 0. The molecule has 20 nitrogen and oxygen atoms in total. The van der Waals surface area contributed by atoms with Gasteiger partial charge in [0.25, 0.3) is 5.91 Å². The van der Waals surface area contributed by atoms with Crippen LogP contribution in [0.4, 0.5) is 11.4 Å². The van der Waals surface area contributed by atoms with Gasteiger partial charge in [-0.2, -0.15) is 14.2 Å². The molecular weight excluding hydrogens is 1250 g/mol. The molecule has 4 aliphatic carbocycles. The number of nitrogens with one attached hydrogen (secondary N) is 1. The minimum Gasteiger partial charge on any atom is -0.618 e. The largest absolute Gasteiger partial charge is 0.618 e. The number of aromatic nitrogens is 1. The summed E-state index contributed by atoms with van der Waals surface area (Å²) in [4.78, 5) is 99.8. The van der Waals surface area contributed by atoms with Crippen LogP contribution in [0.25, 0.3) is 34.7 Å². The Balaban J connectivity index is 0.000000163. The lowest BCUT2D eigenvalue weighted by molar-refractivity contribution is -0.367. The van der Waals surface area contributed by atoms with Crippen molar-refractivity contribution in [1.82, 2.24) is 29.6 Å². The van der Waals surface area contributed by atoms with Gasteiger partial charge in [-0.1, -0.05) is 13.8 Å². The predicted octanol–water partition coefficient (Wildman–Crippen LogP) is 10.0. The maximum Gasteiger partial charge on any atom is 0.253 e. The molecule has 4 aromatic rings. The number of nitrogens with zero attached hydrogens (tertiary/aromatic N) is 7. The summed E-state index contributed by atoms with van der Waals surface area (Å²) in [6.07, 6.45) is 18.9. The van der Waals surface area contributed by atoms with Crippen molar-refractivity contribution in [1.29, 1.82) is 0 Å². The number of fused-ring (bicyclic) bond motifs is 16. The van der Waals surface area contributed by atoms with Crippen LogP contribution in [0.2, 0.25) is 0 Å². The zero-order chi connectivity index (χ0) is 68.9. The second-order valence-electron chi connectivity index (χ2n) is 36.0. The van der Waals surface area contributed by atoms with Crippen LogP contribution in [0.1, 0.15) is 192 Å². The molecule has 2 saturated carbocycles. The van der Waals surface area contributed by atoms with E-state index >= 15 is 24.4 Å². The van der Waals surface area contributed by atoms with Gasteiger partial charge in [-0.15, -0.1) is 0 Å². The van der Waals surface area contributed by atoms with Crippen molar-refractivity contribution in [2.45, 2.75) is 215 Å². The zero-order valence-corrected chi connectivity index (χ0v) is 58.2. The number of hydrogen-bond acceptors (Lipinski definition) is 12. The highest BCUT2D eigenvalue weighted by molar-refractivity contribution is 6.30. The summed E-state index contributed by atoms with van der Waals surface area (Å²) >= 11 is 0. The van der Waals surface area contributed by atoms with Gasteiger partial charge in [-0.3, -0.25) is 28.8 Å². The van der Waals surface area contributed by atoms with Crippen LogP contribution in [-0.4, -0.2) is 156 Å². The van der Waals surface area contributed by atoms with E-state index in [-0.39, 0.29) is 47.7 Å². The van der Waals surface area contributed by atoms with Gasteiger partial charge >= 0.3 is 0 Å². The fourth-order valence-electron chi connectivity index (χ4n) is 25.9. The molecule has 17 aliphatic heterocycles. The first kappa shape index (κ1) is 59.2. The summed E-state index contributed by atoms with van der Waals surface area (Å²) in [5.41, 5.74) is -4.66. The first-order valence-corrected chi connectivity index (χ1v) is 36.1. The van der Waals surface area contributed by atoms with E-state index in [1.54, 1.807) is 0 Å². The molecule has 510 valence electrons. The predicted molar refractivity (Wildman–Crippen MR) is 364 cm³/mol. The Labute approximate surface area is 573 Å². The SMILES string of the molecule is CC1(C)C=Cc2c(ccc3c2[N+]([O-])=C2C(C)(C)[C@H]4CC56CCCN5C(=O)C4(CC6=O)C4N5C(=O)C67CCCN6C(=O)[C@]56C(C7)C(C)(C)c5c(c7ccc8c(c7n5O)C=CC(C)(C)O8)[C@H]6C234)O1.CC1(C)C=Cc2c(ccc3c2[N+]([O-])=C2C3=C[C@@]34NC(=O)[C@@]5(CCCN5C3=O)CC4C2(C)C)O1. The standard InChI is InChI=1S/C53H55N5O8.C26H27N3O4/c1-45(2)19-15-26-30(65-45)13-11-28-35-38-52-29-12-14-31-27(16-20-46(3,4)66-31)37(29)58(64)40(52)48(7,8)32-23-49-17-9-21-54(49)43(61)51(32,25-34(49)59)41(52)56-42(60)50-18-10-22-55(50)44(62)53(38,56)33(24-50)47(5,6)39(35)57(63)36(26)28;1-23(2)10-8-15-17(33-23)7-6-14-16-12-26-18(24(3,4)20(16)29(32)19(14)15)13-25(21(30)27-26)9-5-11-28(25)22(26)31/h11-16,19-20,32-33,38,41,63H,9-10,17-18,21-25H2,1-8H3;6-8,10,12,18H,5,9,11,13H2,1-4H3,(H,27,30)/t32-,33?,38+,41?,49?,50?,51?,52?,53-;18?,25-,26+/m11/s1. The fraction of sp³-hybridized carbons (Fsp3) is 0.544. The first-order chi connectivity index (χ1) is 46.6. The van der Waals surface area contributed by atoms with Crippen molar-refractivity contribution >= 4 is 92.8 Å². The van der Waals surface area contributed by atoms with Crippen molar-refractivity contribution < 1.29 is 57.7 Å². The van der Waals surface area contributed by atoms with E-state index in [0.29, 0.717) is 150 Å². The van der Waals surface area contributed by atoms with Crippen molar-refractivity contribution in [3.63, 3.8) is 0 Å². The molecule has 12 saturated heterocycles. The van der Waals surface area contributed by atoms with Gasteiger partial charge in [0.1, 0.15) is 67.2 Å². The molecule has 7 unspecified atom stereocenters. The Morgan fingerprint density at radius 3 is 1.80 bits per heavy atom. The third kappa shape index (κ3) is 5.88. The molecule has 6 bridgehead atoms. The molecule has 25 rings (SSSR count). The van der Waals surface area contributed by atoms with Crippen LogP contribution in [-0.2, 0) is 39.6 Å². The van der Waals surface area contributed by atoms with Crippen LogP contribution in [0.5, 0.6) is 17.2 Å². The molecule has 14 fully saturated rings. The van der Waals surface area contributed by atoms with E-state index in [1.807, 2.05) is 140 Å². The lowest BCUT2D eigenvalue weighted by Crippen LogP contribution is -2.87. The number of ketones is 1. The minimum atomic E-state index is -1.61. The van der Waals surface area contributed by atoms with Crippen molar-refractivity contribution in [3.8, 4) is 17.2 Å². The Hall–Kier alpha value is -8.68. The van der Waals surface area contributed by atoms with Gasteiger partial charge in [-0.25, -0.2) is 0 Å². The highest BCUT2D eigenvalue weighted by Crippen LogP contribution is 2.83. The number of Topliss-reactive ketones (excluding diaryl/α,β-unsaturated/α-hetero) is 1. The lowest BCUT2D eigenvalue weighted by atomic mass is 9.35. The Kier molecular flexibility index (Phi) is 9.98. The second kappa shape index (κ2) is 16.7. The van der Waals surface area contributed by atoms with Gasteiger partial charge in [-0.05, 0) is 217 Å². The molecule has 1 aromatic heterocycles. The zero-order valence-electron chi connectivity index (χ0n) is 58.2. The molecule has 21 aliphatic rings. The number of carbonyl (C=O) groups excluding carboxylic acids is 6. The third-order valence-electron chi connectivity index (χ3n) is 29.3. The molecule has 7 spiro atoms. The topological polar surface area (TPSA) is 232 Å². The molecule has 12 atom stereocenters. The number of amides is 5. The van der Waals surface area contributed by atoms with Gasteiger partial charge < -0.3 is 54.7 Å². The van der Waals surface area contributed by atoms with Gasteiger partial charge in [0, 0.05) is 65.7 Å². The highest BCUT2D eigenvalue weighted by atomic mass is 16.5. The monoisotopic (exact) mass is 1330 g/mol. The van der Waals surface area contributed by atoms with Gasteiger partial charge in [0.05, 0.1) is 55.8 Å². The maximum atomic E-state index is 16.8. The van der Waals surface area contributed by atoms with Crippen molar-refractivity contribution in [2.24, 2.45) is 34.0 Å². The number of hydrogen-bond donors (Lipinski definition) is 2. The summed E-state index contributed by atoms with van der Waals surface area (Å²) in [6.45, 7) is 25.9. The summed E-state index contributed by atoms with van der Waals surface area (Å²) in [5, 5.41) is 47.4. The van der Waals surface area contributed by atoms with E-state index < -0.39 is 95.4 Å². The van der Waals surface area contributed by atoms with Gasteiger partial charge in [0.15, 0.2) is 11.5 Å². The summed E-state index contributed by atoms with van der Waals surface area (Å²) in [6, 6.07) is 10.5. The Bertz CT molecular complexity index is 5000. The van der Waals surface area contributed by atoms with E-state index in [0.717, 1.165) is 32.6 Å². The summed E-state index contributed by atoms with van der Waals surface area (Å²) in [5.74, 6) is -0.862. The quantitative estimate of drug-likeness (QED) is 0.0951. The molecule has 18 heterocycles. The number of benzene rings is 3. The van der Waals surface area contributed by atoms with Crippen molar-refractivity contribution in [3.05, 3.63) is 110 Å². The average Bonchev–Trinajstić information content (AvgIpc) is 1.42. The Morgan fingerprint density at radius 2 is 1.13 bits per heavy atom. The first-order valence-electron chi connectivity index (χ1n) is 36.1. The molecule has 5 amide bonds. The van der Waals surface area contributed by atoms with E-state index in [9.17, 15) is 20.0 Å². The lowest BCUT2D eigenvalue weighted by Gasteiger charge is -2.70. The molecule has 3 aromatic carbocycles. The molecule has 20 heteroatoms. The molecular formula is C79H82N8O12. The molecule has 2 N–H and O–H groups in total. The number of piperazine rings is 2.